The van der Waals surface area contributed by atoms with Gasteiger partial charge in [-0.25, -0.2) is 0 Å². The van der Waals surface area contributed by atoms with E-state index in [4.69, 9.17) is 9.47 Å². The smallest absolute Gasteiger partial charge is 0.240 e. The molecule has 5 heteroatoms. The number of hydrogen-bond donors (Lipinski definition) is 2. The average Bonchev–Trinajstić information content (AvgIpc) is 2.50. The number of amides is 1. The minimum absolute atomic E-state index is 0.0225. The molecule has 22 heavy (non-hydrogen) atoms. The van der Waals surface area contributed by atoms with E-state index in [0.717, 1.165) is 24.2 Å². The quantitative estimate of drug-likeness (QED) is 0.868. The monoisotopic (exact) mass is 304 g/mol. The van der Waals surface area contributed by atoms with Gasteiger partial charge >= 0.3 is 0 Å². The number of ether oxygens (including phenoxy) is 2. The Bertz CT molecular complexity index is 516. The van der Waals surface area contributed by atoms with Crippen LogP contribution >= 0.6 is 0 Å². The number of benzene rings is 1. The summed E-state index contributed by atoms with van der Waals surface area (Å²) in [6.45, 7) is 3.77. The van der Waals surface area contributed by atoms with Crippen LogP contribution in [0, 0.1) is 0 Å². The van der Waals surface area contributed by atoms with Crippen molar-refractivity contribution in [2.45, 2.75) is 51.0 Å². The van der Waals surface area contributed by atoms with Crippen molar-refractivity contribution in [2.24, 2.45) is 0 Å². The van der Waals surface area contributed by atoms with Crippen molar-refractivity contribution < 1.29 is 14.3 Å². The van der Waals surface area contributed by atoms with E-state index in [1.807, 2.05) is 31.2 Å². The summed E-state index contributed by atoms with van der Waals surface area (Å²) in [5.41, 5.74) is 1.02. The third-order valence-electron chi connectivity index (χ3n) is 4.37. The normalized spacial score (nSPS) is 25.3. The topological polar surface area (TPSA) is 59.6 Å². The Labute approximate surface area is 131 Å². The SMILES string of the molecule is C[C@H]1OCCN[C@@H]1C(=O)NCc1ccccc1OC1CCC1. The number of carbonyl (C=O) groups is 1. The van der Waals surface area contributed by atoms with Crippen LogP contribution in [0.1, 0.15) is 31.7 Å². The first-order chi connectivity index (χ1) is 10.7. The van der Waals surface area contributed by atoms with Gasteiger partial charge in [-0.05, 0) is 32.3 Å². The summed E-state index contributed by atoms with van der Waals surface area (Å²) in [6.07, 6.45) is 3.73. The molecular formula is C17H24N2O3. The van der Waals surface area contributed by atoms with Gasteiger partial charge in [0.1, 0.15) is 11.8 Å². The lowest BCUT2D eigenvalue weighted by molar-refractivity contribution is -0.129. The molecule has 2 N–H and O–H groups in total. The van der Waals surface area contributed by atoms with Crippen molar-refractivity contribution in [3.63, 3.8) is 0 Å². The zero-order valence-electron chi connectivity index (χ0n) is 13.0. The van der Waals surface area contributed by atoms with Crippen LogP contribution in [0.4, 0.5) is 0 Å². The lowest BCUT2D eigenvalue weighted by Gasteiger charge is -2.30. The fourth-order valence-electron chi connectivity index (χ4n) is 2.75. The van der Waals surface area contributed by atoms with Crippen LogP contribution in [0.3, 0.4) is 0 Å². The third-order valence-corrected chi connectivity index (χ3v) is 4.37. The van der Waals surface area contributed by atoms with Crippen LogP contribution in [0.5, 0.6) is 5.75 Å². The largest absolute Gasteiger partial charge is 0.490 e. The molecule has 1 heterocycles. The Morgan fingerprint density at radius 2 is 2.23 bits per heavy atom. The van der Waals surface area contributed by atoms with Crippen molar-refractivity contribution in [2.75, 3.05) is 13.2 Å². The summed E-state index contributed by atoms with van der Waals surface area (Å²) in [5.74, 6) is 0.860. The van der Waals surface area contributed by atoms with Crippen molar-refractivity contribution in [3.8, 4) is 5.75 Å². The molecule has 0 spiro atoms. The lowest BCUT2D eigenvalue weighted by Crippen LogP contribution is -2.55. The number of morpholine rings is 1. The zero-order valence-corrected chi connectivity index (χ0v) is 13.0. The molecule has 0 aromatic heterocycles. The molecule has 120 valence electrons. The summed E-state index contributed by atoms with van der Waals surface area (Å²) in [7, 11) is 0. The van der Waals surface area contributed by atoms with E-state index in [9.17, 15) is 4.79 Å². The van der Waals surface area contributed by atoms with Gasteiger partial charge in [0.25, 0.3) is 0 Å². The first-order valence-corrected chi connectivity index (χ1v) is 8.11. The summed E-state index contributed by atoms with van der Waals surface area (Å²) in [5, 5.41) is 6.19. The Morgan fingerprint density at radius 1 is 1.41 bits per heavy atom. The van der Waals surface area contributed by atoms with Crippen molar-refractivity contribution in [1.82, 2.24) is 10.6 Å². The summed E-state index contributed by atoms with van der Waals surface area (Å²) in [4.78, 5) is 12.3. The van der Waals surface area contributed by atoms with E-state index in [1.165, 1.54) is 6.42 Å². The minimum Gasteiger partial charge on any atom is -0.490 e. The Hall–Kier alpha value is -1.59. The molecule has 1 aliphatic heterocycles. The lowest BCUT2D eigenvalue weighted by atomic mass is 9.96. The number of nitrogens with one attached hydrogen (secondary N) is 2. The molecule has 1 saturated heterocycles. The van der Waals surface area contributed by atoms with Gasteiger partial charge in [0, 0.05) is 18.7 Å². The van der Waals surface area contributed by atoms with Gasteiger partial charge in [0.15, 0.2) is 0 Å². The number of hydrogen-bond acceptors (Lipinski definition) is 4. The molecule has 2 fully saturated rings. The van der Waals surface area contributed by atoms with Gasteiger partial charge in [-0.2, -0.15) is 0 Å². The van der Waals surface area contributed by atoms with Crippen LogP contribution in [0.15, 0.2) is 24.3 Å². The molecule has 1 saturated carbocycles. The second-order valence-corrected chi connectivity index (χ2v) is 6.00. The number of para-hydroxylation sites is 1. The molecule has 1 aromatic carbocycles. The average molecular weight is 304 g/mol. The maximum absolute atomic E-state index is 12.3. The van der Waals surface area contributed by atoms with Crippen LogP contribution < -0.4 is 15.4 Å². The third kappa shape index (κ3) is 3.59. The molecule has 5 nitrogen and oxygen atoms in total. The Balaban J connectivity index is 1.57. The predicted octanol–water partition coefficient (Wildman–Crippen LogP) is 1.61. The van der Waals surface area contributed by atoms with Crippen LogP contribution in [0.2, 0.25) is 0 Å². The van der Waals surface area contributed by atoms with Crippen molar-refractivity contribution >= 4 is 5.91 Å². The zero-order chi connectivity index (χ0) is 15.4. The summed E-state index contributed by atoms with van der Waals surface area (Å²) in [6, 6.07) is 7.64. The van der Waals surface area contributed by atoms with Gasteiger partial charge in [-0.1, -0.05) is 18.2 Å². The maximum atomic E-state index is 12.3. The number of rotatable bonds is 5. The van der Waals surface area contributed by atoms with E-state index >= 15 is 0 Å². The molecule has 2 aliphatic rings. The molecule has 1 aliphatic carbocycles. The fraction of sp³-hybridized carbons (Fsp3) is 0.588. The highest BCUT2D eigenvalue weighted by molar-refractivity contribution is 5.82. The highest BCUT2D eigenvalue weighted by Gasteiger charge is 2.28. The van der Waals surface area contributed by atoms with Crippen LogP contribution in [-0.2, 0) is 16.1 Å². The number of carbonyl (C=O) groups excluding carboxylic acids is 1. The molecule has 0 unspecified atom stereocenters. The van der Waals surface area contributed by atoms with Gasteiger partial charge in [-0.3, -0.25) is 4.79 Å². The van der Waals surface area contributed by atoms with E-state index in [2.05, 4.69) is 10.6 Å². The molecule has 0 bridgehead atoms. The van der Waals surface area contributed by atoms with E-state index in [-0.39, 0.29) is 18.1 Å². The van der Waals surface area contributed by atoms with Crippen LogP contribution in [-0.4, -0.2) is 37.3 Å². The minimum atomic E-state index is -0.284. The van der Waals surface area contributed by atoms with E-state index < -0.39 is 0 Å². The summed E-state index contributed by atoms with van der Waals surface area (Å²) >= 11 is 0. The van der Waals surface area contributed by atoms with E-state index in [1.54, 1.807) is 0 Å². The van der Waals surface area contributed by atoms with Crippen molar-refractivity contribution in [3.05, 3.63) is 29.8 Å². The molecule has 3 rings (SSSR count). The molecular weight excluding hydrogens is 280 g/mol. The second kappa shape index (κ2) is 7.11. The van der Waals surface area contributed by atoms with E-state index in [0.29, 0.717) is 25.8 Å². The fourth-order valence-corrected chi connectivity index (χ4v) is 2.75. The predicted molar refractivity (Wildman–Crippen MR) is 83.8 cm³/mol. The van der Waals surface area contributed by atoms with Crippen LogP contribution in [0.25, 0.3) is 0 Å². The molecule has 0 radical (unpaired) electrons. The maximum Gasteiger partial charge on any atom is 0.240 e. The van der Waals surface area contributed by atoms with Gasteiger partial charge in [-0.15, -0.1) is 0 Å². The van der Waals surface area contributed by atoms with Gasteiger partial charge in [0.05, 0.1) is 18.8 Å². The van der Waals surface area contributed by atoms with Crippen molar-refractivity contribution in [1.29, 1.82) is 0 Å². The Kier molecular flexibility index (Phi) is 4.95. The standard InChI is InChI=1S/C17H24N2O3/c1-12-16(18-9-10-21-12)17(20)19-11-13-5-2-3-8-15(13)22-14-6-4-7-14/h2-3,5,8,12,14,16,18H,4,6-7,9-11H2,1H3,(H,19,20)/t12-,16+/m1/s1. The first-order valence-electron chi connectivity index (χ1n) is 8.11. The molecule has 2 atom stereocenters. The van der Waals surface area contributed by atoms with Gasteiger partial charge in [0.2, 0.25) is 5.91 Å². The first kappa shape index (κ1) is 15.3. The molecule has 1 aromatic rings. The van der Waals surface area contributed by atoms with Gasteiger partial charge < -0.3 is 20.1 Å². The highest BCUT2D eigenvalue weighted by Crippen LogP contribution is 2.27. The summed E-state index contributed by atoms with van der Waals surface area (Å²) < 4.78 is 11.5. The second-order valence-electron chi connectivity index (χ2n) is 6.00. The molecule has 1 amide bonds. The Morgan fingerprint density at radius 3 is 2.95 bits per heavy atom. The highest BCUT2D eigenvalue weighted by atomic mass is 16.5.